The molecule has 0 amide bonds. The monoisotopic (exact) mass is 409 g/mol. The molecule has 8 nitrogen and oxygen atoms in total. The van der Waals surface area contributed by atoms with Crippen LogP contribution in [0.2, 0.25) is 0 Å². The molecule has 0 aliphatic carbocycles. The van der Waals surface area contributed by atoms with Gasteiger partial charge in [0, 0.05) is 30.7 Å². The largest absolute Gasteiger partial charge is 0.494 e. The second kappa shape index (κ2) is 7.51. The average Bonchev–Trinajstić information content (AvgIpc) is 3.23. The molecule has 3 heterocycles. The maximum atomic E-state index is 13.3. The van der Waals surface area contributed by atoms with Gasteiger partial charge < -0.3 is 4.74 Å². The first-order valence-electron chi connectivity index (χ1n) is 10.3. The van der Waals surface area contributed by atoms with Crippen molar-refractivity contribution in [2.75, 3.05) is 6.61 Å². The first kappa shape index (κ1) is 20.0. The van der Waals surface area contributed by atoms with E-state index in [0.29, 0.717) is 30.1 Å². The summed E-state index contributed by atoms with van der Waals surface area (Å²) in [6.45, 7) is 8.97. The fraction of sp³-hybridized carbons (Fsp3) is 0.409. The number of aryl methyl sites for hydroxylation is 2. The normalized spacial score (nSPS) is 11.6. The highest BCUT2D eigenvalue weighted by Gasteiger charge is 2.23. The third-order valence-corrected chi connectivity index (χ3v) is 5.66. The van der Waals surface area contributed by atoms with Crippen molar-refractivity contribution < 1.29 is 4.74 Å². The predicted octanol–water partition coefficient (Wildman–Crippen LogP) is 2.95. The van der Waals surface area contributed by atoms with Crippen molar-refractivity contribution in [3.63, 3.8) is 0 Å². The van der Waals surface area contributed by atoms with E-state index in [1.165, 1.54) is 9.13 Å². The molecule has 0 aliphatic heterocycles. The van der Waals surface area contributed by atoms with E-state index in [1.807, 2.05) is 60.9 Å². The highest BCUT2D eigenvalue weighted by atomic mass is 16.5. The Balaban J connectivity index is 2.03. The molecule has 0 spiro atoms. The van der Waals surface area contributed by atoms with Gasteiger partial charge in [-0.15, -0.1) is 0 Å². The quantitative estimate of drug-likeness (QED) is 0.491. The molecule has 0 radical (unpaired) electrons. The number of nitrogens with zero attached hydrogens (tertiary/aromatic N) is 5. The van der Waals surface area contributed by atoms with Crippen molar-refractivity contribution >= 4 is 16.9 Å². The van der Waals surface area contributed by atoms with Gasteiger partial charge in [-0.2, -0.15) is 4.98 Å². The standard InChI is InChI=1S/C22H27N5O3/c1-6-8-13-25-20(28)18-19(24(5)22(25)29)23-21-26(14(3)15(4)27(18)21)16-9-11-17(12-10-16)30-7-2/h9-12H,6-8,13H2,1-5H3. The van der Waals surface area contributed by atoms with Gasteiger partial charge in [-0.1, -0.05) is 13.3 Å². The smallest absolute Gasteiger partial charge is 0.332 e. The molecule has 0 N–H and O–H groups in total. The lowest BCUT2D eigenvalue weighted by molar-refractivity contribution is 0.340. The highest BCUT2D eigenvalue weighted by molar-refractivity contribution is 5.77. The second-order valence-electron chi connectivity index (χ2n) is 7.50. The van der Waals surface area contributed by atoms with Crippen LogP contribution >= 0.6 is 0 Å². The molecule has 3 aromatic heterocycles. The molecule has 0 saturated heterocycles. The van der Waals surface area contributed by atoms with Gasteiger partial charge in [0.25, 0.3) is 5.56 Å². The maximum absolute atomic E-state index is 13.3. The van der Waals surface area contributed by atoms with Crippen molar-refractivity contribution in [3.05, 3.63) is 56.5 Å². The summed E-state index contributed by atoms with van der Waals surface area (Å²) in [5, 5.41) is 0. The summed E-state index contributed by atoms with van der Waals surface area (Å²) < 4.78 is 12.2. The predicted molar refractivity (Wildman–Crippen MR) is 117 cm³/mol. The van der Waals surface area contributed by atoms with Gasteiger partial charge in [-0.25, -0.2) is 4.79 Å². The van der Waals surface area contributed by atoms with Crippen molar-refractivity contribution in [2.45, 2.75) is 47.1 Å². The van der Waals surface area contributed by atoms with Crippen LogP contribution in [0.1, 0.15) is 38.1 Å². The van der Waals surface area contributed by atoms with Crippen LogP contribution in [-0.2, 0) is 13.6 Å². The Morgan fingerprint density at radius 1 is 1.03 bits per heavy atom. The van der Waals surface area contributed by atoms with Crippen LogP contribution in [-0.4, -0.2) is 29.7 Å². The summed E-state index contributed by atoms with van der Waals surface area (Å²) in [7, 11) is 1.67. The van der Waals surface area contributed by atoms with Crippen LogP contribution in [0.5, 0.6) is 5.75 Å². The van der Waals surface area contributed by atoms with Gasteiger partial charge in [0.1, 0.15) is 5.75 Å². The van der Waals surface area contributed by atoms with Crippen molar-refractivity contribution in [3.8, 4) is 11.4 Å². The zero-order valence-electron chi connectivity index (χ0n) is 18.1. The van der Waals surface area contributed by atoms with E-state index in [9.17, 15) is 9.59 Å². The highest BCUT2D eigenvalue weighted by Crippen LogP contribution is 2.25. The van der Waals surface area contributed by atoms with Gasteiger partial charge >= 0.3 is 5.69 Å². The molecule has 0 saturated carbocycles. The molecule has 0 fully saturated rings. The molecule has 0 unspecified atom stereocenters. The summed E-state index contributed by atoms with van der Waals surface area (Å²) in [5.74, 6) is 1.41. The molecular weight excluding hydrogens is 382 g/mol. The Morgan fingerprint density at radius 2 is 1.73 bits per heavy atom. The van der Waals surface area contributed by atoms with E-state index in [4.69, 9.17) is 9.72 Å². The molecule has 158 valence electrons. The van der Waals surface area contributed by atoms with Crippen LogP contribution in [0.25, 0.3) is 22.6 Å². The lowest BCUT2D eigenvalue weighted by Gasteiger charge is -2.09. The van der Waals surface area contributed by atoms with E-state index in [-0.39, 0.29) is 11.2 Å². The zero-order chi connectivity index (χ0) is 21.6. The molecule has 0 atom stereocenters. The third-order valence-electron chi connectivity index (χ3n) is 5.66. The third kappa shape index (κ3) is 2.86. The number of hydrogen-bond donors (Lipinski definition) is 0. The minimum Gasteiger partial charge on any atom is -0.494 e. The van der Waals surface area contributed by atoms with Crippen LogP contribution in [0.3, 0.4) is 0 Å². The van der Waals surface area contributed by atoms with Crippen LogP contribution in [0.15, 0.2) is 33.9 Å². The second-order valence-corrected chi connectivity index (χ2v) is 7.50. The number of imidazole rings is 2. The summed E-state index contributed by atoms with van der Waals surface area (Å²) >= 11 is 0. The van der Waals surface area contributed by atoms with Crippen molar-refractivity contribution in [1.29, 1.82) is 0 Å². The van der Waals surface area contributed by atoms with E-state index in [1.54, 1.807) is 7.05 Å². The van der Waals surface area contributed by atoms with E-state index >= 15 is 0 Å². The molecule has 0 bridgehead atoms. The number of aromatic nitrogens is 5. The van der Waals surface area contributed by atoms with Gasteiger partial charge in [0.05, 0.1) is 6.61 Å². The van der Waals surface area contributed by atoms with Crippen LogP contribution in [0.4, 0.5) is 0 Å². The zero-order valence-corrected chi connectivity index (χ0v) is 18.1. The molecular formula is C22H27N5O3. The minimum absolute atomic E-state index is 0.291. The molecule has 8 heteroatoms. The first-order chi connectivity index (χ1) is 14.4. The molecule has 1 aromatic carbocycles. The average molecular weight is 409 g/mol. The van der Waals surface area contributed by atoms with E-state index in [2.05, 4.69) is 0 Å². The van der Waals surface area contributed by atoms with Gasteiger partial charge in [-0.05, 0) is 51.5 Å². The van der Waals surface area contributed by atoms with E-state index in [0.717, 1.165) is 35.7 Å². The summed E-state index contributed by atoms with van der Waals surface area (Å²) in [6.07, 6.45) is 1.68. The number of fused-ring (bicyclic) bond motifs is 3. The number of unbranched alkanes of at least 4 members (excludes halogenated alkanes) is 1. The topological polar surface area (TPSA) is 75.5 Å². The first-order valence-corrected chi connectivity index (χ1v) is 10.3. The number of ether oxygens (including phenoxy) is 1. The Bertz CT molecular complexity index is 1350. The van der Waals surface area contributed by atoms with Gasteiger partial charge in [0.15, 0.2) is 11.2 Å². The Kier molecular flexibility index (Phi) is 5.01. The lowest BCUT2D eigenvalue weighted by Crippen LogP contribution is -2.39. The Morgan fingerprint density at radius 3 is 2.37 bits per heavy atom. The molecule has 4 aromatic rings. The molecule has 30 heavy (non-hydrogen) atoms. The summed E-state index contributed by atoms with van der Waals surface area (Å²) in [6, 6.07) is 7.77. The maximum Gasteiger partial charge on any atom is 0.332 e. The van der Waals surface area contributed by atoms with Crippen molar-refractivity contribution in [1.82, 2.24) is 23.1 Å². The summed E-state index contributed by atoms with van der Waals surface area (Å²) in [4.78, 5) is 30.8. The Hall–Kier alpha value is -3.29. The number of rotatable bonds is 6. The molecule has 0 aliphatic rings. The summed E-state index contributed by atoms with van der Waals surface area (Å²) in [5.41, 5.74) is 3.03. The lowest BCUT2D eigenvalue weighted by atomic mass is 10.3. The fourth-order valence-electron chi connectivity index (χ4n) is 3.93. The SMILES string of the molecule is CCCCn1c(=O)c2c(nc3n(-c4ccc(OCC)cc4)c(C)c(C)n23)n(C)c1=O. The van der Waals surface area contributed by atoms with Crippen LogP contribution in [0, 0.1) is 13.8 Å². The van der Waals surface area contributed by atoms with Gasteiger partial charge in [-0.3, -0.25) is 22.9 Å². The number of benzene rings is 1. The van der Waals surface area contributed by atoms with Gasteiger partial charge in [0.2, 0.25) is 5.78 Å². The van der Waals surface area contributed by atoms with E-state index < -0.39 is 0 Å². The van der Waals surface area contributed by atoms with Crippen LogP contribution < -0.4 is 16.0 Å². The fourth-order valence-corrected chi connectivity index (χ4v) is 3.93. The van der Waals surface area contributed by atoms with Crippen molar-refractivity contribution in [2.24, 2.45) is 7.05 Å². The molecule has 4 rings (SSSR count). The minimum atomic E-state index is -0.330. The number of hydrogen-bond acceptors (Lipinski definition) is 4. The Labute approximate surface area is 174 Å².